The molecule has 0 aliphatic rings. The number of hydrogen-bond acceptors (Lipinski definition) is 0. The molecule has 0 aliphatic heterocycles. The first-order valence-electron chi connectivity index (χ1n) is 5.95. The van der Waals surface area contributed by atoms with Gasteiger partial charge in [-0.05, 0) is 23.7 Å². The first-order chi connectivity index (χ1) is 6.31. The number of hydrogen-bond donors (Lipinski definition) is 0. The minimum Gasteiger partial charge on any atom is -0.247 e. The number of alkyl halides is 1. The van der Waals surface area contributed by atoms with E-state index in [-0.39, 0.29) is 10.8 Å². The third-order valence-corrected chi connectivity index (χ3v) is 4.14. The van der Waals surface area contributed by atoms with E-state index < -0.39 is 6.17 Å². The molecule has 0 saturated carbocycles. The second-order valence-corrected chi connectivity index (χ2v) is 5.53. The smallest absolute Gasteiger partial charge is 0.106 e. The maximum atomic E-state index is 14.1. The standard InChI is InChI=1S/C13H27F/c1-7-12(4,5)11(14)10-13(6,8-2)9-3/h11H,7-10H2,1-6H3. The largest absolute Gasteiger partial charge is 0.247 e. The molecule has 0 aliphatic carbocycles. The fraction of sp³-hybridized carbons (Fsp3) is 1.00. The highest BCUT2D eigenvalue weighted by atomic mass is 19.1. The Hall–Kier alpha value is -0.0700. The molecule has 0 aromatic carbocycles. The van der Waals surface area contributed by atoms with Crippen molar-refractivity contribution in [3.05, 3.63) is 0 Å². The van der Waals surface area contributed by atoms with E-state index >= 15 is 0 Å². The summed E-state index contributed by atoms with van der Waals surface area (Å²) in [5.74, 6) is 0. The van der Waals surface area contributed by atoms with E-state index in [1.54, 1.807) is 0 Å². The topological polar surface area (TPSA) is 0 Å². The van der Waals surface area contributed by atoms with Crippen LogP contribution in [0.4, 0.5) is 4.39 Å². The van der Waals surface area contributed by atoms with Gasteiger partial charge in [0.25, 0.3) is 0 Å². The molecule has 0 fully saturated rings. The lowest BCUT2D eigenvalue weighted by Gasteiger charge is -2.35. The van der Waals surface area contributed by atoms with Gasteiger partial charge < -0.3 is 0 Å². The summed E-state index contributed by atoms with van der Waals surface area (Å²) in [6.45, 7) is 12.7. The van der Waals surface area contributed by atoms with Crippen LogP contribution in [0.3, 0.4) is 0 Å². The van der Waals surface area contributed by atoms with Crippen molar-refractivity contribution < 1.29 is 4.39 Å². The predicted octanol–water partition coefficient (Wildman–Crippen LogP) is 4.98. The third-order valence-electron chi connectivity index (χ3n) is 4.14. The lowest BCUT2D eigenvalue weighted by molar-refractivity contribution is 0.0763. The van der Waals surface area contributed by atoms with Crippen molar-refractivity contribution in [3.63, 3.8) is 0 Å². The van der Waals surface area contributed by atoms with Gasteiger partial charge in [0, 0.05) is 0 Å². The first kappa shape index (κ1) is 13.9. The van der Waals surface area contributed by atoms with E-state index in [1.165, 1.54) is 0 Å². The average molecular weight is 202 g/mol. The van der Waals surface area contributed by atoms with Crippen LogP contribution < -0.4 is 0 Å². The molecule has 14 heavy (non-hydrogen) atoms. The van der Waals surface area contributed by atoms with Gasteiger partial charge in [-0.1, -0.05) is 54.4 Å². The quantitative estimate of drug-likeness (QED) is 0.570. The molecule has 0 nitrogen and oxygen atoms in total. The van der Waals surface area contributed by atoms with Crippen LogP contribution >= 0.6 is 0 Å². The van der Waals surface area contributed by atoms with Crippen molar-refractivity contribution in [2.75, 3.05) is 0 Å². The molecular weight excluding hydrogens is 175 g/mol. The Morgan fingerprint density at radius 1 is 0.929 bits per heavy atom. The first-order valence-corrected chi connectivity index (χ1v) is 5.95. The molecule has 0 N–H and O–H groups in total. The fourth-order valence-electron chi connectivity index (χ4n) is 1.47. The van der Waals surface area contributed by atoms with Crippen LogP contribution in [-0.2, 0) is 0 Å². The lowest BCUT2D eigenvalue weighted by Crippen LogP contribution is -2.30. The summed E-state index contributed by atoms with van der Waals surface area (Å²) in [5, 5.41) is 0. The normalized spacial score (nSPS) is 15.6. The summed E-state index contributed by atoms with van der Waals surface area (Å²) in [6.07, 6.45) is 3.10. The van der Waals surface area contributed by atoms with E-state index in [9.17, 15) is 4.39 Å². The van der Waals surface area contributed by atoms with Gasteiger partial charge in [-0.25, -0.2) is 4.39 Å². The van der Waals surface area contributed by atoms with Crippen LogP contribution in [0.1, 0.15) is 67.2 Å². The summed E-state index contributed by atoms with van der Waals surface area (Å²) in [4.78, 5) is 0. The second-order valence-electron chi connectivity index (χ2n) is 5.53. The molecule has 1 heteroatoms. The van der Waals surface area contributed by atoms with Gasteiger partial charge in [-0.2, -0.15) is 0 Å². The number of rotatable bonds is 6. The molecule has 0 radical (unpaired) electrons. The molecule has 1 atom stereocenters. The Morgan fingerprint density at radius 3 is 1.64 bits per heavy atom. The van der Waals surface area contributed by atoms with E-state index in [1.807, 2.05) is 13.8 Å². The zero-order valence-corrected chi connectivity index (χ0v) is 10.8. The van der Waals surface area contributed by atoms with Crippen LogP contribution in [0.25, 0.3) is 0 Å². The highest BCUT2D eigenvalue weighted by Gasteiger charge is 2.33. The summed E-state index contributed by atoms with van der Waals surface area (Å²) < 4.78 is 14.1. The predicted molar refractivity (Wildman–Crippen MR) is 62.3 cm³/mol. The van der Waals surface area contributed by atoms with E-state index in [4.69, 9.17) is 0 Å². The molecule has 86 valence electrons. The maximum Gasteiger partial charge on any atom is 0.106 e. The van der Waals surface area contributed by atoms with Gasteiger partial charge in [0.2, 0.25) is 0 Å². The van der Waals surface area contributed by atoms with Crippen molar-refractivity contribution in [2.45, 2.75) is 73.4 Å². The van der Waals surface area contributed by atoms with E-state index in [0.717, 1.165) is 19.3 Å². The van der Waals surface area contributed by atoms with Crippen LogP contribution in [-0.4, -0.2) is 6.17 Å². The fourth-order valence-corrected chi connectivity index (χ4v) is 1.47. The molecule has 0 saturated heterocycles. The summed E-state index contributed by atoms with van der Waals surface area (Å²) >= 11 is 0. The Balaban J connectivity index is 4.36. The highest BCUT2D eigenvalue weighted by Crippen LogP contribution is 2.39. The van der Waals surface area contributed by atoms with Crippen molar-refractivity contribution in [1.29, 1.82) is 0 Å². The SMILES string of the molecule is CCC(C)(CC)CC(F)C(C)(C)CC. The molecular formula is C13H27F. The van der Waals surface area contributed by atoms with Gasteiger partial charge in [-0.15, -0.1) is 0 Å². The van der Waals surface area contributed by atoms with Crippen LogP contribution in [0, 0.1) is 10.8 Å². The molecule has 0 bridgehead atoms. The molecule has 0 aromatic rings. The number of halogens is 1. The van der Waals surface area contributed by atoms with Crippen LogP contribution in [0.5, 0.6) is 0 Å². The zero-order chi connectivity index (χ0) is 11.4. The molecule has 0 aromatic heterocycles. The Morgan fingerprint density at radius 2 is 1.36 bits per heavy atom. The molecule has 0 rings (SSSR count). The molecule has 0 spiro atoms. The van der Waals surface area contributed by atoms with Crippen molar-refractivity contribution in [1.82, 2.24) is 0 Å². The minimum absolute atomic E-state index is 0.161. The maximum absolute atomic E-state index is 14.1. The van der Waals surface area contributed by atoms with Crippen LogP contribution in [0.15, 0.2) is 0 Å². The van der Waals surface area contributed by atoms with Gasteiger partial charge >= 0.3 is 0 Å². The summed E-state index contributed by atoms with van der Waals surface area (Å²) in [7, 11) is 0. The third kappa shape index (κ3) is 3.59. The molecule has 0 amide bonds. The monoisotopic (exact) mass is 202 g/mol. The Kier molecular flexibility index (Phi) is 5.11. The Bertz CT molecular complexity index is 157. The van der Waals surface area contributed by atoms with Crippen molar-refractivity contribution >= 4 is 0 Å². The van der Waals surface area contributed by atoms with Crippen LogP contribution in [0.2, 0.25) is 0 Å². The van der Waals surface area contributed by atoms with Gasteiger partial charge in [0.15, 0.2) is 0 Å². The van der Waals surface area contributed by atoms with E-state index in [0.29, 0.717) is 6.42 Å². The summed E-state index contributed by atoms with van der Waals surface area (Å²) in [6, 6.07) is 0. The van der Waals surface area contributed by atoms with Crippen molar-refractivity contribution in [2.24, 2.45) is 10.8 Å². The van der Waals surface area contributed by atoms with Gasteiger partial charge in [0.05, 0.1) is 0 Å². The molecule has 1 unspecified atom stereocenters. The van der Waals surface area contributed by atoms with Gasteiger partial charge in [-0.3, -0.25) is 0 Å². The zero-order valence-electron chi connectivity index (χ0n) is 10.8. The summed E-state index contributed by atoms with van der Waals surface area (Å²) in [5.41, 5.74) is 0.0253. The highest BCUT2D eigenvalue weighted by molar-refractivity contribution is 4.83. The Labute approximate surface area is 89.3 Å². The van der Waals surface area contributed by atoms with Gasteiger partial charge in [0.1, 0.15) is 6.17 Å². The molecule has 0 heterocycles. The van der Waals surface area contributed by atoms with E-state index in [2.05, 4.69) is 27.7 Å². The lowest BCUT2D eigenvalue weighted by atomic mass is 9.73. The minimum atomic E-state index is -0.669. The van der Waals surface area contributed by atoms with Crippen molar-refractivity contribution in [3.8, 4) is 0 Å². The average Bonchev–Trinajstić information content (AvgIpc) is 2.17. The second kappa shape index (κ2) is 5.14.